The molecule has 1 N–H and O–H groups in total. The second kappa shape index (κ2) is 4.03. The van der Waals surface area contributed by atoms with E-state index in [0.29, 0.717) is 6.04 Å². The topological polar surface area (TPSA) is 21.3 Å². The maximum absolute atomic E-state index is 5.06. The van der Waals surface area contributed by atoms with Crippen LogP contribution in [0.3, 0.4) is 0 Å². The molecule has 0 radical (unpaired) electrons. The molecule has 1 aliphatic heterocycles. The largest absolute Gasteiger partial charge is 0.378 e. The van der Waals surface area contributed by atoms with Crippen molar-refractivity contribution in [1.29, 1.82) is 0 Å². The first kappa shape index (κ1) is 8.23. The van der Waals surface area contributed by atoms with Gasteiger partial charge in [0.15, 0.2) is 0 Å². The van der Waals surface area contributed by atoms with E-state index in [4.69, 9.17) is 4.74 Å². The van der Waals surface area contributed by atoms with Gasteiger partial charge in [0.2, 0.25) is 0 Å². The zero-order valence-corrected chi connectivity index (χ0v) is 7.77. The van der Waals surface area contributed by atoms with Crippen LogP contribution in [0.15, 0.2) is 16.8 Å². The first-order chi connectivity index (χ1) is 5.95. The summed E-state index contributed by atoms with van der Waals surface area (Å²) in [6.07, 6.45) is 1.14. The van der Waals surface area contributed by atoms with Crippen LogP contribution in [0, 0.1) is 0 Å². The molecule has 2 rings (SSSR count). The summed E-state index contributed by atoms with van der Waals surface area (Å²) < 4.78 is 5.06. The normalized spacial score (nSPS) is 17.7. The average molecular weight is 183 g/mol. The van der Waals surface area contributed by atoms with Gasteiger partial charge in [-0.25, -0.2) is 0 Å². The van der Waals surface area contributed by atoms with Crippen molar-refractivity contribution in [2.75, 3.05) is 19.8 Å². The Morgan fingerprint density at radius 2 is 2.50 bits per heavy atom. The second-order valence-electron chi connectivity index (χ2n) is 3.07. The number of thiophene rings is 1. The monoisotopic (exact) mass is 183 g/mol. The van der Waals surface area contributed by atoms with Gasteiger partial charge in [-0.15, -0.1) is 0 Å². The minimum atomic E-state index is 0.614. The zero-order valence-electron chi connectivity index (χ0n) is 6.95. The quantitative estimate of drug-likeness (QED) is 0.759. The molecule has 0 aliphatic carbocycles. The summed E-state index contributed by atoms with van der Waals surface area (Å²) in [6, 6.07) is 2.80. The highest BCUT2D eigenvalue weighted by molar-refractivity contribution is 7.07. The predicted octanol–water partition coefficient (Wildman–Crippen LogP) is 1.28. The van der Waals surface area contributed by atoms with E-state index in [2.05, 4.69) is 22.1 Å². The standard InChI is InChI=1S/C9H13NOS/c1(8-2-4-12-7-8)3-10-9-5-11-6-9/h2,4,7,9-10H,1,3,5-6H2. The molecule has 66 valence electrons. The SMILES string of the molecule is c1cc(CCNC2COC2)cs1. The van der Waals surface area contributed by atoms with E-state index in [9.17, 15) is 0 Å². The Labute approximate surface area is 76.6 Å². The molecule has 0 spiro atoms. The minimum Gasteiger partial charge on any atom is -0.378 e. The van der Waals surface area contributed by atoms with Gasteiger partial charge in [-0.3, -0.25) is 0 Å². The van der Waals surface area contributed by atoms with E-state index < -0.39 is 0 Å². The first-order valence-corrected chi connectivity index (χ1v) is 5.21. The maximum atomic E-state index is 5.06. The van der Waals surface area contributed by atoms with E-state index in [1.807, 2.05) is 0 Å². The van der Waals surface area contributed by atoms with Gasteiger partial charge in [-0.05, 0) is 35.4 Å². The van der Waals surface area contributed by atoms with Crippen molar-refractivity contribution in [1.82, 2.24) is 5.32 Å². The molecule has 1 aromatic rings. The summed E-state index contributed by atoms with van der Waals surface area (Å²) in [7, 11) is 0. The van der Waals surface area contributed by atoms with Crippen LogP contribution < -0.4 is 5.32 Å². The van der Waals surface area contributed by atoms with Crippen LogP contribution in [0.5, 0.6) is 0 Å². The smallest absolute Gasteiger partial charge is 0.0643 e. The molecule has 1 saturated heterocycles. The van der Waals surface area contributed by atoms with Gasteiger partial charge in [-0.1, -0.05) is 0 Å². The van der Waals surface area contributed by atoms with Gasteiger partial charge < -0.3 is 10.1 Å². The molecule has 3 heteroatoms. The predicted molar refractivity (Wildman–Crippen MR) is 50.6 cm³/mol. The molecule has 1 fully saturated rings. The van der Waals surface area contributed by atoms with E-state index in [1.54, 1.807) is 11.3 Å². The molecule has 0 atom stereocenters. The fraction of sp³-hybridized carbons (Fsp3) is 0.556. The second-order valence-corrected chi connectivity index (χ2v) is 3.85. The third-order valence-corrected chi connectivity index (χ3v) is 2.80. The van der Waals surface area contributed by atoms with Crippen LogP contribution in [0.1, 0.15) is 5.56 Å². The maximum Gasteiger partial charge on any atom is 0.0643 e. The molecule has 0 bridgehead atoms. The number of rotatable bonds is 4. The van der Waals surface area contributed by atoms with Crippen LogP contribution in [-0.2, 0) is 11.2 Å². The third kappa shape index (κ3) is 2.06. The lowest BCUT2D eigenvalue weighted by Crippen LogP contribution is -2.46. The van der Waals surface area contributed by atoms with Gasteiger partial charge in [-0.2, -0.15) is 11.3 Å². The van der Waals surface area contributed by atoms with Gasteiger partial charge >= 0.3 is 0 Å². The Bertz CT molecular complexity index is 218. The third-order valence-electron chi connectivity index (χ3n) is 2.06. The Morgan fingerprint density at radius 1 is 1.58 bits per heavy atom. The molecule has 0 amide bonds. The van der Waals surface area contributed by atoms with Gasteiger partial charge in [0, 0.05) is 0 Å². The van der Waals surface area contributed by atoms with Crippen LogP contribution in [0.4, 0.5) is 0 Å². The van der Waals surface area contributed by atoms with E-state index in [-0.39, 0.29) is 0 Å². The first-order valence-electron chi connectivity index (χ1n) is 4.27. The highest BCUT2D eigenvalue weighted by atomic mass is 32.1. The van der Waals surface area contributed by atoms with Gasteiger partial charge in [0.05, 0.1) is 19.3 Å². The summed E-state index contributed by atoms with van der Waals surface area (Å²) in [5.74, 6) is 0. The van der Waals surface area contributed by atoms with Crippen molar-refractivity contribution in [3.8, 4) is 0 Å². The molecule has 1 aliphatic rings. The van der Waals surface area contributed by atoms with Gasteiger partial charge in [0.25, 0.3) is 0 Å². The summed E-state index contributed by atoms with van der Waals surface area (Å²) in [5, 5.41) is 7.77. The number of hydrogen-bond acceptors (Lipinski definition) is 3. The van der Waals surface area contributed by atoms with E-state index >= 15 is 0 Å². The summed E-state index contributed by atoms with van der Waals surface area (Å²) in [6.45, 7) is 2.86. The molecule has 1 aromatic heterocycles. The Morgan fingerprint density at radius 3 is 3.08 bits per heavy atom. The lowest BCUT2D eigenvalue weighted by molar-refractivity contribution is -0.00467. The van der Waals surface area contributed by atoms with Crippen LogP contribution in [0.25, 0.3) is 0 Å². The highest BCUT2D eigenvalue weighted by Gasteiger charge is 2.16. The summed E-state index contributed by atoms with van der Waals surface area (Å²) >= 11 is 1.77. The fourth-order valence-electron chi connectivity index (χ4n) is 1.21. The lowest BCUT2D eigenvalue weighted by atomic mass is 10.2. The Hall–Kier alpha value is -0.380. The van der Waals surface area contributed by atoms with Gasteiger partial charge in [0.1, 0.15) is 0 Å². The Balaban J connectivity index is 1.62. The molecule has 12 heavy (non-hydrogen) atoms. The average Bonchev–Trinajstić information content (AvgIpc) is 2.46. The van der Waals surface area contributed by atoms with Crippen molar-refractivity contribution in [3.05, 3.63) is 22.4 Å². The molecular formula is C9H13NOS. The van der Waals surface area contributed by atoms with Crippen molar-refractivity contribution < 1.29 is 4.74 Å². The number of hydrogen-bond donors (Lipinski definition) is 1. The molecule has 0 saturated carbocycles. The van der Waals surface area contributed by atoms with Crippen LogP contribution in [0.2, 0.25) is 0 Å². The summed E-state index contributed by atoms with van der Waals surface area (Å²) in [5.41, 5.74) is 1.44. The zero-order chi connectivity index (χ0) is 8.23. The summed E-state index contributed by atoms with van der Waals surface area (Å²) in [4.78, 5) is 0. The molecule has 2 nitrogen and oxygen atoms in total. The molecule has 0 unspecified atom stereocenters. The minimum absolute atomic E-state index is 0.614. The highest BCUT2D eigenvalue weighted by Crippen LogP contribution is 2.06. The van der Waals surface area contributed by atoms with Crippen LogP contribution >= 0.6 is 11.3 Å². The number of ether oxygens (including phenoxy) is 1. The molecular weight excluding hydrogens is 170 g/mol. The number of nitrogens with one attached hydrogen (secondary N) is 1. The van der Waals surface area contributed by atoms with Crippen molar-refractivity contribution in [3.63, 3.8) is 0 Å². The van der Waals surface area contributed by atoms with Crippen LogP contribution in [-0.4, -0.2) is 25.8 Å². The molecule has 2 heterocycles. The van der Waals surface area contributed by atoms with E-state index in [0.717, 1.165) is 26.2 Å². The van der Waals surface area contributed by atoms with Crippen molar-refractivity contribution >= 4 is 11.3 Å². The molecule has 0 aromatic carbocycles. The van der Waals surface area contributed by atoms with E-state index in [1.165, 1.54) is 5.56 Å². The Kier molecular flexibility index (Phi) is 2.76. The lowest BCUT2D eigenvalue weighted by Gasteiger charge is -2.26. The van der Waals surface area contributed by atoms with Crippen molar-refractivity contribution in [2.24, 2.45) is 0 Å². The van der Waals surface area contributed by atoms with Crippen molar-refractivity contribution in [2.45, 2.75) is 12.5 Å². The fourth-order valence-corrected chi connectivity index (χ4v) is 1.91.